The highest BCUT2D eigenvalue weighted by Gasteiger charge is 2.43. The van der Waals surface area contributed by atoms with Gasteiger partial charge in [0.25, 0.3) is 0 Å². The second-order valence-corrected chi connectivity index (χ2v) is 6.17. The summed E-state index contributed by atoms with van der Waals surface area (Å²) in [6.07, 6.45) is 4.28. The van der Waals surface area contributed by atoms with Crippen LogP contribution in [0.2, 0.25) is 0 Å². The van der Waals surface area contributed by atoms with Gasteiger partial charge in [-0.15, -0.1) is 0 Å². The molecule has 4 nitrogen and oxygen atoms in total. The SMILES string of the molecule is O=C(O)C1CCCC1C(=O)N(Cc1ccccc1)C1CC1. The zero-order valence-corrected chi connectivity index (χ0v) is 12.1. The van der Waals surface area contributed by atoms with Gasteiger partial charge < -0.3 is 10.0 Å². The molecule has 1 N–H and O–H groups in total. The summed E-state index contributed by atoms with van der Waals surface area (Å²) in [5.41, 5.74) is 1.11. The Bertz CT molecular complexity index is 524. The van der Waals surface area contributed by atoms with E-state index < -0.39 is 11.9 Å². The Morgan fingerprint density at radius 3 is 2.33 bits per heavy atom. The van der Waals surface area contributed by atoms with Crippen LogP contribution >= 0.6 is 0 Å². The molecule has 2 aliphatic rings. The molecule has 2 atom stereocenters. The summed E-state index contributed by atoms with van der Waals surface area (Å²) in [5, 5.41) is 9.29. The van der Waals surface area contributed by atoms with Crippen molar-refractivity contribution in [1.82, 2.24) is 4.90 Å². The molecule has 0 radical (unpaired) electrons. The smallest absolute Gasteiger partial charge is 0.307 e. The number of hydrogen-bond acceptors (Lipinski definition) is 2. The number of carboxylic acids is 1. The Morgan fingerprint density at radius 1 is 1.05 bits per heavy atom. The average Bonchev–Trinajstić information content (AvgIpc) is 3.20. The van der Waals surface area contributed by atoms with E-state index in [-0.39, 0.29) is 11.8 Å². The van der Waals surface area contributed by atoms with E-state index in [4.69, 9.17) is 0 Å². The van der Waals surface area contributed by atoms with Crippen LogP contribution in [0, 0.1) is 11.8 Å². The Hall–Kier alpha value is -1.84. The first-order chi connectivity index (χ1) is 10.2. The maximum absolute atomic E-state index is 12.8. The van der Waals surface area contributed by atoms with E-state index in [9.17, 15) is 14.7 Å². The topological polar surface area (TPSA) is 57.6 Å². The molecule has 0 bridgehead atoms. The first kappa shape index (κ1) is 14.1. The molecular formula is C17H21NO3. The lowest BCUT2D eigenvalue weighted by atomic mass is 9.94. The number of benzene rings is 1. The predicted octanol–water partition coefficient (Wildman–Crippen LogP) is 2.68. The number of rotatable bonds is 5. The van der Waals surface area contributed by atoms with Gasteiger partial charge in [-0.2, -0.15) is 0 Å². The van der Waals surface area contributed by atoms with Crippen LogP contribution in [0.5, 0.6) is 0 Å². The van der Waals surface area contributed by atoms with Crippen molar-refractivity contribution in [3.05, 3.63) is 35.9 Å². The lowest BCUT2D eigenvalue weighted by Crippen LogP contribution is -2.40. The molecule has 1 aromatic rings. The summed E-state index contributed by atoms with van der Waals surface area (Å²) < 4.78 is 0. The first-order valence-corrected chi connectivity index (χ1v) is 7.74. The molecule has 0 heterocycles. The summed E-state index contributed by atoms with van der Waals surface area (Å²) in [5.74, 6) is -1.59. The monoisotopic (exact) mass is 287 g/mol. The minimum absolute atomic E-state index is 0.0475. The van der Waals surface area contributed by atoms with E-state index >= 15 is 0 Å². The zero-order chi connectivity index (χ0) is 14.8. The van der Waals surface area contributed by atoms with Crippen LogP contribution in [0.25, 0.3) is 0 Å². The van der Waals surface area contributed by atoms with Crippen molar-refractivity contribution in [2.75, 3.05) is 0 Å². The van der Waals surface area contributed by atoms with E-state index in [1.807, 2.05) is 35.2 Å². The van der Waals surface area contributed by atoms with Crippen molar-refractivity contribution in [2.45, 2.75) is 44.7 Å². The maximum Gasteiger partial charge on any atom is 0.307 e. The fraction of sp³-hybridized carbons (Fsp3) is 0.529. The molecule has 4 heteroatoms. The van der Waals surface area contributed by atoms with E-state index in [0.29, 0.717) is 25.4 Å². The van der Waals surface area contributed by atoms with Crippen molar-refractivity contribution in [2.24, 2.45) is 11.8 Å². The third-order valence-corrected chi connectivity index (χ3v) is 4.62. The third-order valence-electron chi connectivity index (χ3n) is 4.62. The number of amides is 1. The van der Waals surface area contributed by atoms with Crippen LogP contribution in [0.4, 0.5) is 0 Å². The van der Waals surface area contributed by atoms with Gasteiger partial charge in [0.05, 0.1) is 11.8 Å². The van der Waals surface area contributed by atoms with Gasteiger partial charge in [-0.1, -0.05) is 36.8 Å². The highest BCUT2D eigenvalue weighted by atomic mass is 16.4. The summed E-state index contributed by atoms with van der Waals surface area (Å²) in [7, 11) is 0. The predicted molar refractivity (Wildman–Crippen MR) is 78.5 cm³/mol. The van der Waals surface area contributed by atoms with Crippen LogP contribution in [-0.4, -0.2) is 27.9 Å². The molecule has 2 aliphatic carbocycles. The second-order valence-electron chi connectivity index (χ2n) is 6.17. The molecule has 1 aromatic carbocycles. The van der Waals surface area contributed by atoms with E-state index in [1.54, 1.807) is 0 Å². The molecule has 0 saturated heterocycles. The Kier molecular flexibility index (Phi) is 3.95. The fourth-order valence-corrected chi connectivity index (χ4v) is 3.32. The van der Waals surface area contributed by atoms with Crippen molar-refractivity contribution < 1.29 is 14.7 Å². The highest BCUT2D eigenvalue weighted by molar-refractivity contribution is 5.85. The minimum Gasteiger partial charge on any atom is -0.481 e. The molecule has 2 fully saturated rings. The number of aliphatic carboxylic acids is 1. The van der Waals surface area contributed by atoms with Crippen LogP contribution in [0.15, 0.2) is 30.3 Å². The molecule has 0 spiro atoms. The van der Waals surface area contributed by atoms with Gasteiger partial charge in [-0.3, -0.25) is 9.59 Å². The molecule has 2 unspecified atom stereocenters. The highest BCUT2D eigenvalue weighted by Crippen LogP contribution is 2.37. The van der Waals surface area contributed by atoms with Gasteiger partial charge >= 0.3 is 5.97 Å². The van der Waals surface area contributed by atoms with E-state index in [0.717, 1.165) is 24.8 Å². The lowest BCUT2D eigenvalue weighted by molar-refractivity contribution is -0.149. The number of nitrogens with zero attached hydrogens (tertiary/aromatic N) is 1. The molecule has 0 aromatic heterocycles. The van der Waals surface area contributed by atoms with Crippen molar-refractivity contribution in [3.8, 4) is 0 Å². The largest absolute Gasteiger partial charge is 0.481 e. The Balaban J connectivity index is 1.74. The quantitative estimate of drug-likeness (QED) is 0.905. The number of carboxylic acid groups (broad SMARTS) is 1. The molecule has 3 rings (SSSR count). The molecule has 1 amide bonds. The van der Waals surface area contributed by atoms with Crippen LogP contribution < -0.4 is 0 Å². The van der Waals surface area contributed by atoms with Crippen molar-refractivity contribution in [1.29, 1.82) is 0 Å². The van der Waals surface area contributed by atoms with Crippen LogP contribution in [0.3, 0.4) is 0 Å². The van der Waals surface area contributed by atoms with Gasteiger partial charge in [0.1, 0.15) is 0 Å². The summed E-state index contributed by atoms with van der Waals surface area (Å²) in [6, 6.07) is 10.3. The molecule has 0 aliphatic heterocycles. The van der Waals surface area contributed by atoms with Gasteiger partial charge in [-0.05, 0) is 31.2 Å². The molecular weight excluding hydrogens is 266 g/mol. The van der Waals surface area contributed by atoms with Gasteiger partial charge in [0.15, 0.2) is 0 Å². The Labute approximate surface area is 124 Å². The molecule has 112 valence electrons. The van der Waals surface area contributed by atoms with Crippen molar-refractivity contribution >= 4 is 11.9 Å². The van der Waals surface area contributed by atoms with Crippen LogP contribution in [-0.2, 0) is 16.1 Å². The maximum atomic E-state index is 12.8. The van der Waals surface area contributed by atoms with Crippen LogP contribution in [0.1, 0.15) is 37.7 Å². The second kappa shape index (κ2) is 5.88. The lowest BCUT2D eigenvalue weighted by Gasteiger charge is -2.27. The van der Waals surface area contributed by atoms with E-state index in [2.05, 4.69) is 0 Å². The van der Waals surface area contributed by atoms with Gasteiger partial charge in [0, 0.05) is 12.6 Å². The molecule has 21 heavy (non-hydrogen) atoms. The van der Waals surface area contributed by atoms with Gasteiger partial charge in [-0.25, -0.2) is 0 Å². The third kappa shape index (κ3) is 3.09. The fourth-order valence-electron chi connectivity index (χ4n) is 3.32. The van der Waals surface area contributed by atoms with E-state index in [1.165, 1.54) is 0 Å². The number of hydrogen-bond donors (Lipinski definition) is 1. The average molecular weight is 287 g/mol. The zero-order valence-electron chi connectivity index (χ0n) is 12.1. The Morgan fingerprint density at radius 2 is 1.71 bits per heavy atom. The standard InChI is InChI=1S/C17H21NO3/c19-16(14-7-4-8-15(14)17(20)21)18(13-9-10-13)11-12-5-2-1-3-6-12/h1-3,5-6,13-15H,4,7-11H2,(H,20,21). The summed E-state index contributed by atoms with van der Waals surface area (Å²) in [4.78, 5) is 26.0. The molecule has 2 saturated carbocycles. The van der Waals surface area contributed by atoms with Crippen molar-refractivity contribution in [3.63, 3.8) is 0 Å². The summed E-state index contributed by atoms with van der Waals surface area (Å²) >= 11 is 0. The van der Waals surface area contributed by atoms with Gasteiger partial charge in [0.2, 0.25) is 5.91 Å². The first-order valence-electron chi connectivity index (χ1n) is 7.74. The normalized spacial score (nSPS) is 24.8. The number of carbonyl (C=O) groups excluding carboxylic acids is 1. The minimum atomic E-state index is -0.818. The number of carbonyl (C=O) groups is 2. The summed E-state index contributed by atoms with van der Waals surface area (Å²) in [6.45, 7) is 0.604.